The minimum Gasteiger partial charge on any atom is -0.398 e. The van der Waals surface area contributed by atoms with Gasteiger partial charge in [0.15, 0.2) is 0 Å². The number of hydrogen-bond acceptors (Lipinski definition) is 1. The molecule has 0 radical (unpaired) electrons. The fraction of sp³-hybridized carbons (Fsp3) is 0.111. The molecule has 8 rings (SSSR count). The smallest absolute Gasteiger partial charge is 0.0395 e. The molecular weight excluding hydrogens is 446 g/mol. The maximum absolute atomic E-state index is 7.23. The molecule has 0 atom stereocenters. The van der Waals surface area contributed by atoms with Crippen LogP contribution in [0.5, 0.6) is 0 Å². The van der Waals surface area contributed by atoms with Crippen LogP contribution in [-0.2, 0) is 12.8 Å². The molecule has 2 aliphatic rings. The van der Waals surface area contributed by atoms with Crippen molar-refractivity contribution in [2.45, 2.75) is 26.2 Å². The summed E-state index contributed by atoms with van der Waals surface area (Å²) in [6.07, 6.45) is 2.81. The van der Waals surface area contributed by atoms with Crippen LogP contribution in [0, 0.1) is 0 Å². The summed E-state index contributed by atoms with van der Waals surface area (Å²) in [6, 6.07) is 31.5. The summed E-state index contributed by atoms with van der Waals surface area (Å²) in [5.41, 5.74) is 15.8. The van der Waals surface area contributed by atoms with Crippen molar-refractivity contribution in [3.63, 3.8) is 0 Å². The number of benzene rings is 6. The van der Waals surface area contributed by atoms with Crippen molar-refractivity contribution in [3.8, 4) is 0 Å². The summed E-state index contributed by atoms with van der Waals surface area (Å²) < 4.78 is 0. The second kappa shape index (κ2) is 7.33. The predicted molar refractivity (Wildman–Crippen MR) is 158 cm³/mol. The molecular formula is C36H27N. The van der Waals surface area contributed by atoms with Crippen molar-refractivity contribution >= 4 is 54.2 Å². The first-order chi connectivity index (χ1) is 18.1. The van der Waals surface area contributed by atoms with Gasteiger partial charge in [0.05, 0.1) is 0 Å². The molecule has 176 valence electrons. The molecule has 0 spiro atoms. The van der Waals surface area contributed by atoms with Gasteiger partial charge in [0, 0.05) is 12.1 Å². The van der Waals surface area contributed by atoms with Gasteiger partial charge < -0.3 is 5.73 Å². The molecule has 1 nitrogen and oxygen atoms in total. The molecule has 0 aliphatic heterocycles. The highest BCUT2D eigenvalue weighted by molar-refractivity contribution is 6.14. The van der Waals surface area contributed by atoms with E-state index in [0.29, 0.717) is 0 Å². The number of allylic oxidation sites excluding steroid dienone is 3. The van der Waals surface area contributed by atoms with E-state index in [2.05, 4.69) is 98.4 Å². The molecule has 0 saturated carbocycles. The molecule has 0 amide bonds. The Morgan fingerprint density at radius 1 is 0.622 bits per heavy atom. The van der Waals surface area contributed by atoms with E-state index in [1.807, 2.05) is 0 Å². The Bertz CT molecular complexity index is 2110. The number of aryl methyl sites for hydroxylation is 1. The molecule has 37 heavy (non-hydrogen) atoms. The lowest BCUT2D eigenvalue weighted by Gasteiger charge is -2.26. The van der Waals surface area contributed by atoms with Gasteiger partial charge >= 0.3 is 0 Å². The van der Waals surface area contributed by atoms with E-state index >= 15 is 0 Å². The van der Waals surface area contributed by atoms with Crippen molar-refractivity contribution in [2.75, 3.05) is 0 Å². The summed E-state index contributed by atoms with van der Waals surface area (Å²) in [4.78, 5) is 0. The first-order valence-electron chi connectivity index (χ1n) is 13.2. The van der Waals surface area contributed by atoms with Crippen LogP contribution < -0.4 is 16.2 Å². The third kappa shape index (κ3) is 2.74. The number of nitrogens with two attached hydrogens (primary N) is 1. The highest BCUT2D eigenvalue weighted by atomic mass is 14.6. The van der Waals surface area contributed by atoms with E-state index in [-0.39, 0.29) is 0 Å². The fourth-order valence-electron chi connectivity index (χ4n) is 7.14. The Balaban J connectivity index is 1.51. The second-order valence-corrected chi connectivity index (χ2v) is 10.8. The number of rotatable bonds is 2. The summed E-state index contributed by atoms with van der Waals surface area (Å²) in [7, 11) is 0. The lowest BCUT2D eigenvalue weighted by Crippen LogP contribution is -2.24. The van der Waals surface area contributed by atoms with Gasteiger partial charge in [-0.3, -0.25) is 0 Å². The largest absolute Gasteiger partial charge is 0.398 e. The minimum absolute atomic E-state index is 0.832. The van der Waals surface area contributed by atoms with Crippen molar-refractivity contribution in [1.82, 2.24) is 0 Å². The van der Waals surface area contributed by atoms with Crippen LogP contribution in [-0.4, -0.2) is 0 Å². The van der Waals surface area contributed by atoms with E-state index in [9.17, 15) is 0 Å². The Hall–Kier alpha value is -4.36. The zero-order valence-corrected chi connectivity index (χ0v) is 21.0. The molecule has 0 fully saturated rings. The average Bonchev–Trinajstić information content (AvgIpc) is 2.93. The Morgan fingerprint density at radius 3 is 1.78 bits per heavy atom. The van der Waals surface area contributed by atoms with E-state index in [1.54, 1.807) is 0 Å². The third-order valence-electron chi connectivity index (χ3n) is 8.71. The van der Waals surface area contributed by atoms with Crippen LogP contribution in [0.25, 0.3) is 54.2 Å². The molecule has 0 aromatic heterocycles. The standard InChI is InChI=1S/C36H27N/c1-20(2)31-29-18-15-24-8-4-6-22-11-12-26(35(29)33(22)24)19-30(31)36(37)28-17-14-25-10-9-21-5-3-7-23-13-16-27(28)34(25)32(21)23/h3-13,15-16,18H,1,14,17,19,37H2,2H3/b36-30+. The number of hydrogen-bond donors (Lipinski definition) is 1. The monoisotopic (exact) mass is 473 g/mol. The Kier molecular flexibility index (Phi) is 4.12. The van der Waals surface area contributed by atoms with Gasteiger partial charge in [-0.25, -0.2) is 0 Å². The third-order valence-corrected chi connectivity index (χ3v) is 8.71. The summed E-state index contributed by atoms with van der Waals surface area (Å²) in [5, 5.41) is 13.2. The summed E-state index contributed by atoms with van der Waals surface area (Å²) in [5.74, 6) is 0. The minimum atomic E-state index is 0.832. The van der Waals surface area contributed by atoms with Crippen LogP contribution in [0.4, 0.5) is 0 Å². The molecule has 2 N–H and O–H groups in total. The average molecular weight is 474 g/mol. The normalized spacial score (nSPS) is 16.4. The molecule has 6 aromatic rings. The van der Waals surface area contributed by atoms with Gasteiger partial charge in [-0.2, -0.15) is 0 Å². The summed E-state index contributed by atoms with van der Waals surface area (Å²) in [6.45, 7) is 6.57. The Morgan fingerprint density at radius 2 is 1.16 bits per heavy atom. The first-order valence-corrected chi connectivity index (χ1v) is 13.2. The van der Waals surface area contributed by atoms with Crippen molar-refractivity contribution in [2.24, 2.45) is 5.73 Å². The quantitative estimate of drug-likeness (QED) is 0.287. The van der Waals surface area contributed by atoms with Crippen LogP contribution in [0.2, 0.25) is 0 Å². The fourth-order valence-corrected chi connectivity index (χ4v) is 7.14. The van der Waals surface area contributed by atoms with Crippen molar-refractivity contribution in [3.05, 3.63) is 130 Å². The van der Waals surface area contributed by atoms with Gasteiger partial charge in [0.25, 0.3) is 0 Å². The highest BCUT2D eigenvalue weighted by Crippen LogP contribution is 2.38. The van der Waals surface area contributed by atoms with Crippen LogP contribution in [0.3, 0.4) is 0 Å². The molecule has 0 saturated heterocycles. The lowest BCUT2D eigenvalue weighted by atomic mass is 9.79. The highest BCUT2D eigenvalue weighted by Gasteiger charge is 2.25. The van der Waals surface area contributed by atoms with Gasteiger partial charge in [0.2, 0.25) is 0 Å². The molecule has 0 heterocycles. The molecule has 1 heteroatoms. The zero-order chi connectivity index (χ0) is 24.8. The first kappa shape index (κ1) is 20.8. The zero-order valence-electron chi connectivity index (χ0n) is 21.0. The lowest BCUT2D eigenvalue weighted by molar-refractivity contribution is 0.989. The van der Waals surface area contributed by atoms with Gasteiger partial charge in [-0.15, -0.1) is 0 Å². The van der Waals surface area contributed by atoms with Crippen LogP contribution in [0.1, 0.15) is 24.5 Å². The predicted octanol–water partition coefficient (Wildman–Crippen LogP) is 7.03. The maximum Gasteiger partial charge on any atom is 0.0395 e. The van der Waals surface area contributed by atoms with Crippen molar-refractivity contribution in [1.29, 1.82) is 0 Å². The maximum atomic E-state index is 7.23. The van der Waals surface area contributed by atoms with E-state index in [4.69, 9.17) is 5.73 Å². The van der Waals surface area contributed by atoms with Crippen LogP contribution >= 0.6 is 0 Å². The molecule has 6 aromatic carbocycles. The Labute approximate surface area is 215 Å². The molecule has 0 bridgehead atoms. The van der Waals surface area contributed by atoms with Crippen molar-refractivity contribution < 1.29 is 0 Å². The van der Waals surface area contributed by atoms with Crippen LogP contribution in [0.15, 0.2) is 108 Å². The van der Waals surface area contributed by atoms with Gasteiger partial charge in [0.1, 0.15) is 0 Å². The van der Waals surface area contributed by atoms with Gasteiger partial charge in [-0.1, -0.05) is 97.1 Å². The molecule has 2 aliphatic carbocycles. The van der Waals surface area contributed by atoms with E-state index < -0.39 is 0 Å². The van der Waals surface area contributed by atoms with E-state index in [1.165, 1.54) is 81.4 Å². The topological polar surface area (TPSA) is 26.0 Å². The summed E-state index contributed by atoms with van der Waals surface area (Å²) >= 11 is 0. The van der Waals surface area contributed by atoms with E-state index in [0.717, 1.165) is 30.5 Å². The SMILES string of the molecule is C=C(C)C1=c2ccc3cccc4ccc(c2c43)C/C1=C(\N)C1=c2ccc3cccc4ccc(c2c43)CC1. The second-order valence-electron chi connectivity index (χ2n) is 10.8. The van der Waals surface area contributed by atoms with Gasteiger partial charge in [-0.05, 0) is 101 Å². The molecule has 0 unspecified atom stereocenters.